The average Bonchev–Trinajstić information content (AvgIpc) is 3.32. The zero-order valence-corrected chi connectivity index (χ0v) is 13.5. The molecule has 1 aliphatic rings. The van der Waals surface area contributed by atoms with Crippen molar-refractivity contribution in [3.63, 3.8) is 0 Å². The van der Waals surface area contributed by atoms with E-state index in [1.807, 2.05) is 54.4 Å². The number of likely N-dealkylation sites (N-methyl/N-ethyl adjacent to an activating group) is 1. The summed E-state index contributed by atoms with van der Waals surface area (Å²) in [5.41, 5.74) is 2.15. The molecular weight excluding hydrogens is 302 g/mol. The van der Waals surface area contributed by atoms with Gasteiger partial charge in [-0.1, -0.05) is 18.2 Å². The molecule has 122 valence electrons. The molecule has 1 N–H and O–H groups in total. The second kappa shape index (κ2) is 6.09. The van der Waals surface area contributed by atoms with Crippen molar-refractivity contribution in [2.45, 2.75) is 12.5 Å². The van der Waals surface area contributed by atoms with Crippen LogP contribution >= 0.6 is 0 Å². The van der Waals surface area contributed by atoms with Gasteiger partial charge in [-0.25, -0.2) is 4.98 Å². The summed E-state index contributed by atoms with van der Waals surface area (Å²) in [6.45, 7) is 1.80. The topological polar surface area (TPSA) is 58.4 Å². The highest BCUT2D eigenvalue weighted by Crippen LogP contribution is 2.26. The zero-order chi connectivity index (χ0) is 16.5. The van der Waals surface area contributed by atoms with Crippen molar-refractivity contribution in [3.8, 4) is 11.5 Å². The van der Waals surface area contributed by atoms with Gasteiger partial charge in [-0.3, -0.25) is 4.79 Å². The predicted octanol–water partition coefficient (Wildman–Crippen LogP) is 2.93. The number of aromatic nitrogens is 1. The molecule has 0 bridgehead atoms. The van der Waals surface area contributed by atoms with Crippen molar-refractivity contribution in [1.29, 1.82) is 0 Å². The van der Waals surface area contributed by atoms with Gasteiger partial charge in [-0.15, -0.1) is 0 Å². The summed E-state index contributed by atoms with van der Waals surface area (Å²) in [6, 6.07) is 13.5. The third-order valence-electron chi connectivity index (χ3n) is 4.62. The van der Waals surface area contributed by atoms with Crippen molar-refractivity contribution in [3.05, 3.63) is 54.3 Å². The highest BCUT2D eigenvalue weighted by molar-refractivity contribution is 6.07. The van der Waals surface area contributed by atoms with E-state index in [1.54, 1.807) is 6.26 Å². The molecule has 1 fully saturated rings. The van der Waals surface area contributed by atoms with Crippen molar-refractivity contribution in [2.75, 3.05) is 20.1 Å². The molecular formula is C19H19N3O2. The molecule has 1 aromatic carbocycles. The maximum Gasteiger partial charge on any atom is 0.254 e. The van der Waals surface area contributed by atoms with Crippen LogP contribution in [-0.2, 0) is 0 Å². The van der Waals surface area contributed by atoms with Gasteiger partial charge in [0.25, 0.3) is 5.91 Å². The Morgan fingerprint density at radius 1 is 1.29 bits per heavy atom. The van der Waals surface area contributed by atoms with Crippen LogP contribution in [-0.4, -0.2) is 42.0 Å². The monoisotopic (exact) mass is 321 g/mol. The number of furan rings is 1. The lowest BCUT2D eigenvalue weighted by atomic mass is 10.0. The molecule has 1 unspecified atom stereocenters. The van der Waals surface area contributed by atoms with E-state index in [0.717, 1.165) is 30.4 Å². The fourth-order valence-corrected chi connectivity index (χ4v) is 3.23. The van der Waals surface area contributed by atoms with Crippen LogP contribution in [0.4, 0.5) is 0 Å². The predicted molar refractivity (Wildman–Crippen MR) is 92.8 cm³/mol. The van der Waals surface area contributed by atoms with E-state index < -0.39 is 0 Å². The van der Waals surface area contributed by atoms with Crippen molar-refractivity contribution >= 4 is 16.8 Å². The van der Waals surface area contributed by atoms with Crippen molar-refractivity contribution in [2.24, 2.45) is 0 Å². The van der Waals surface area contributed by atoms with Crippen LogP contribution in [0.25, 0.3) is 22.4 Å². The summed E-state index contributed by atoms with van der Waals surface area (Å²) >= 11 is 0. The molecule has 5 nitrogen and oxygen atoms in total. The van der Waals surface area contributed by atoms with Crippen LogP contribution in [0.1, 0.15) is 16.8 Å². The maximum atomic E-state index is 13.1. The van der Waals surface area contributed by atoms with E-state index in [9.17, 15) is 4.79 Å². The summed E-state index contributed by atoms with van der Waals surface area (Å²) in [7, 11) is 1.88. The first-order valence-corrected chi connectivity index (χ1v) is 8.15. The molecule has 1 atom stereocenters. The van der Waals surface area contributed by atoms with Gasteiger partial charge in [-0.2, -0.15) is 0 Å². The molecule has 4 rings (SSSR count). The quantitative estimate of drug-likeness (QED) is 0.806. The summed E-state index contributed by atoms with van der Waals surface area (Å²) in [4.78, 5) is 19.6. The van der Waals surface area contributed by atoms with Gasteiger partial charge in [0, 0.05) is 25.0 Å². The number of rotatable bonds is 3. The highest BCUT2D eigenvalue weighted by Gasteiger charge is 2.26. The second-order valence-electron chi connectivity index (χ2n) is 6.11. The second-order valence-corrected chi connectivity index (χ2v) is 6.11. The number of carbonyl (C=O) groups is 1. The molecule has 1 saturated heterocycles. The summed E-state index contributed by atoms with van der Waals surface area (Å²) < 4.78 is 5.47. The molecule has 0 spiro atoms. The lowest BCUT2D eigenvalue weighted by Crippen LogP contribution is -2.38. The average molecular weight is 321 g/mol. The third kappa shape index (κ3) is 2.57. The Bertz CT molecular complexity index is 867. The van der Waals surface area contributed by atoms with Gasteiger partial charge in [0.05, 0.1) is 17.3 Å². The number of hydrogen-bond acceptors (Lipinski definition) is 4. The van der Waals surface area contributed by atoms with Crippen molar-refractivity contribution in [1.82, 2.24) is 15.2 Å². The summed E-state index contributed by atoms with van der Waals surface area (Å²) in [5, 5.41) is 4.18. The van der Waals surface area contributed by atoms with E-state index in [1.165, 1.54) is 0 Å². The first kappa shape index (κ1) is 14.9. The lowest BCUT2D eigenvalue weighted by Gasteiger charge is -2.24. The molecule has 3 aromatic rings. The maximum absolute atomic E-state index is 13.1. The standard InChI is InChI=1S/C19H19N3O2/c1-22(13-8-9-20-12-13)19(23)15-11-17(18-7-4-10-24-18)21-16-6-3-2-5-14(15)16/h2-7,10-11,13,20H,8-9,12H2,1H3. The van der Waals surface area contributed by atoms with Crippen LogP contribution in [0.3, 0.4) is 0 Å². The van der Waals surface area contributed by atoms with Crippen LogP contribution in [0.2, 0.25) is 0 Å². The van der Waals surface area contributed by atoms with Crippen LogP contribution < -0.4 is 5.32 Å². The van der Waals surface area contributed by atoms with Crippen LogP contribution in [0.5, 0.6) is 0 Å². The Hall–Kier alpha value is -2.66. The summed E-state index contributed by atoms with van der Waals surface area (Å²) in [6.07, 6.45) is 2.60. The van der Waals surface area contributed by atoms with Crippen molar-refractivity contribution < 1.29 is 9.21 Å². The fraction of sp³-hybridized carbons (Fsp3) is 0.263. The number of fused-ring (bicyclic) bond motifs is 1. The number of hydrogen-bond donors (Lipinski definition) is 1. The minimum atomic E-state index is 0.0232. The largest absolute Gasteiger partial charge is 0.463 e. The zero-order valence-electron chi connectivity index (χ0n) is 13.5. The number of amides is 1. The Kier molecular flexibility index (Phi) is 3.78. The minimum absolute atomic E-state index is 0.0232. The van der Waals surface area contributed by atoms with Gasteiger partial charge in [0.15, 0.2) is 5.76 Å². The lowest BCUT2D eigenvalue weighted by molar-refractivity contribution is 0.0746. The SMILES string of the molecule is CN(C(=O)c1cc(-c2ccco2)nc2ccccc12)C1CCNC1. The number of para-hydroxylation sites is 1. The number of nitrogens with one attached hydrogen (secondary N) is 1. The smallest absolute Gasteiger partial charge is 0.254 e. The minimum Gasteiger partial charge on any atom is -0.463 e. The normalized spacial score (nSPS) is 17.3. The Morgan fingerprint density at radius 3 is 2.92 bits per heavy atom. The summed E-state index contributed by atoms with van der Waals surface area (Å²) in [5.74, 6) is 0.690. The third-order valence-corrected chi connectivity index (χ3v) is 4.62. The number of pyridine rings is 1. The molecule has 2 aromatic heterocycles. The molecule has 0 saturated carbocycles. The molecule has 0 aliphatic carbocycles. The Balaban J connectivity index is 1.82. The molecule has 1 amide bonds. The fourth-order valence-electron chi connectivity index (χ4n) is 3.23. The van der Waals surface area contributed by atoms with Gasteiger partial charge in [0.2, 0.25) is 0 Å². The van der Waals surface area contributed by atoms with E-state index in [0.29, 0.717) is 17.0 Å². The first-order chi connectivity index (χ1) is 11.7. The van der Waals surface area contributed by atoms with E-state index in [4.69, 9.17) is 4.42 Å². The van der Waals surface area contributed by atoms with E-state index in [-0.39, 0.29) is 11.9 Å². The molecule has 0 radical (unpaired) electrons. The number of nitrogens with zero attached hydrogens (tertiary/aromatic N) is 2. The van der Waals surface area contributed by atoms with Crippen LogP contribution in [0, 0.1) is 0 Å². The van der Waals surface area contributed by atoms with Gasteiger partial charge < -0.3 is 14.6 Å². The van der Waals surface area contributed by atoms with E-state index in [2.05, 4.69) is 10.3 Å². The van der Waals surface area contributed by atoms with Gasteiger partial charge >= 0.3 is 0 Å². The van der Waals surface area contributed by atoms with E-state index >= 15 is 0 Å². The Labute approximate surface area is 140 Å². The number of carbonyl (C=O) groups excluding carboxylic acids is 1. The molecule has 5 heteroatoms. The molecule has 3 heterocycles. The van der Waals surface area contributed by atoms with Gasteiger partial charge in [-0.05, 0) is 37.2 Å². The number of benzene rings is 1. The first-order valence-electron chi connectivity index (χ1n) is 8.15. The Morgan fingerprint density at radius 2 is 2.17 bits per heavy atom. The molecule has 24 heavy (non-hydrogen) atoms. The van der Waals surface area contributed by atoms with Gasteiger partial charge in [0.1, 0.15) is 5.69 Å². The van der Waals surface area contributed by atoms with Crippen LogP contribution in [0.15, 0.2) is 53.1 Å². The highest BCUT2D eigenvalue weighted by atomic mass is 16.3. The molecule has 1 aliphatic heterocycles.